The van der Waals surface area contributed by atoms with Gasteiger partial charge in [0.25, 0.3) is 0 Å². The molecule has 9 heteroatoms. The van der Waals surface area contributed by atoms with Crippen LogP contribution in [0.1, 0.15) is 41.5 Å². The van der Waals surface area contributed by atoms with E-state index in [9.17, 15) is 8.78 Å². The molecule has 0 saturated carbocycles. The van der Waals surface area contributed by atoms with Gasteiger partial charge in [0.1, 0.15) is 17.3 Å². The van der Waals surface area contributed by atoms with Crippen molar-refractivity contribution in [1.82, 2.24) is 20.2 Å². The lowest BCUT2D eigenvalue weighted by atomic mass is 9.95. The van der Waals surface area contributed by atoms with E-state index in [0.29, 0.717) is 45.9 Å². The fourth-order valence-corrected chi connectivity index (χ4v) is 6.85. The van der Waals surface area contributed by atoms with Crippen LogP contribution in [0, 0.1) is 11.6 Å². The summed E-state index contributed by atoms with van der Waals surface area (Å²) >= 11 is 6.34. The van der Waals surface area contributed by atoms with Crippen molar-refractivity contribution in [3.05, 3.63) is 106 Å². The van der Waals surface area contributed by atoms with Gasteiger partial charge in [-0.25, -0.2) is 14.1 Å². The number of nitrogens with two attached hydrogens (primary N) is 1. The van der Waals surface area contributed by atoms with Gasteiger partial charge in [-0.3, -0.25) is 9.89 Å². The van der Waals surface area contributed by atoms with Gasteiger partial charge in [-0.05, 0) is 68.3 Å². The zero-order chi connectivity index (χ0) is 28.1. The zero-order valence-electron chi connectivity index (χ0n) is 22.6. The van der Waals surface area contributed by atoms with Crippen LogP contribution in [0.15, 0.2) is 71.9 Å². The molecule has 3 unspecified atom stereocenters. The molecule has 0 amide bonds. The highest BCUT2D eigenvalue weighted by molar-refractivity contribution is 6.31. The third kappa shape index (κ3) is 4.85. The van der Waals surface area contributed by atoms with Crippen molar-refractivity contribution in [1.29, 1.82) is 0 Å². The van der Waals surface area contributed by atoms with Crippen molar-refractivity contribution in [2.45, 2.75) is 50.5 Å². The summed E-state index contributed by atoms with van der Waals surface area (Å²) in [7, 11) is 2.07. The van der Waals surface area contributed by atoms with Gasteiger partial charge < -0.3 is 5.32 Å². The third-order valence-corrected chi connectivity index (χ3v) is 8.91. The Hall–Kier alpha value is -3.56. The topological polar surface area (TPSA) is 70.0 Å². The molecule has 2 bridgehead atoms. The maximum atomic E-state index is 14.8. The van der Waals surface area contributed by atoms with Crippen LogP contribution < -0.4 is 10.6 Å². The average Bonchev–Trinajstić information content (AvgIpc) is 3.47. The third-order valence-electron chi connectivity index (χ3n) is 8.67. The van der Waals surface area contributed by atoms with Gasteiger partial charge in [0.15, 0.2) is 0 Å². The molecule has 3 aliphatic rings. The van der Waals surface area contributed by atoms with Gasteiger partial charge in [-0.15, -0.1) is 0 Å². The van der Waals surface area contributed by atoms with Crippen LogP contribution in [-0.4, -0.2) is 45.8 Å². The number of quaternary nitrogens is 1. The molecule has 4 aromatic rings. The van der Waals surface area contributed by atoms with Crippen LogP contribution in [0.5, 0.6) is 0 Å². The van der Waals surface area contributed by atoms with Crippen molar-refractivity contribution in [3.8, 4) is 11.3 Å². The summed E-state index contributed by atoms with van der Waals surface area (Å²) in [4.78, 5) is 16.7. The average molecular weight is 572 g/mol. The minimum Gasteiger partial charge on any atom is -0.315 e. The molecule has 41 heavy (non-hydrogen) atoms. The van der Waals surface area contributed by atoms with Crippen LogP contribution in [0.2, 0.25) is 5.02 Å². The van der Waals surface area contributed by atoms with Gasteiger partial charge in [-0.1, -0.05) is 35.9 Å². The highest BCUT2D eigenvalue weighted by atomic mass is 35.5. The molecule has 0 spiro atoms. The summed E-state index contributed by atoms with van der Waals surface area (Å²) in [6, 6.07) is 19.5. The Labute approximate surface area is 242 Å². The second kappa shape index (κ2) is 10.7. The zero-order valence-corrected chi connectivity index (χ0v) is 23.4. The van der Waals surface area contributed by atoms with Crippen LogP contribution in [-0.2, 0) is 13.1 Å². The molecule has 6 nitrogen and oxygen atoms in total. The number of benzene rings is 3. The van der Waals surface area contributed by atoms with Crippen LogP contribution in [0.3, 0.4) is 0 Å². The summed E-state index contributed by atoms with van der Waals surface area (Å²) in [5.74, 6) is -0.806. The second-order valence-electron chi connectivity index (χ2n) is 11.0. The molecule has 3 atom stereocenters. The summed E-state index contributed by atoms with van der Waals surface area (Å²) in [5.41, 5.74) is 5.02. The van der Waals surface area contributed by atoms with Crippen LogP contribution in [0.4, 0.5) is 20.4 Å². The van der Waals surface area contributed by atoms with Gasteiger partial charge in [0.2, 0.25) is 0 Å². The Morgan fingerprint density at radius 1 is 1.02 bits per heavy atom. The summed E-state index contributed by atoms with van der Waals surface area (Å²) in [6.07, 6.45) is 5.54. The van der Waals surface area contributed by atoms with Crippen molar-refractivity contribution < 1.29 is 14.1 Å². The molecule has 4 heterocycles. The predicted molar refractivity (Wildman–Crippen MR) is 156 cm³/mol. The Balaban J connectivity index is 1.15. The Morgan fingerprint density at radius 2 is 1.83 bits per heavy atom. The number of nitrogens with one attached hydrogen (secondary N) is 1. The van der Waals surface area contributed by atoms with Crippen molar-refractivity contribution in [2.75, 3.05) is 7.05 Å². The van der Waals surface area contributed by atoms with Crippen molar-refractivity contribution in [3.63, 3.8) is 0 Å². The Morgan fingerprint density at radius 3 is 2.59 bits per heavy atom. The van der Waals surface area contributed by atoms with E-state index in [4.69, 9.17) is 16.6 Å². The molecule has 0 aliphatic carbocycles. The van der Waals surface area contributed by atoms with Crippen LogP contribution in [0.25, 0.3) is 11.3 Å². The molecular formula is C32H30ClF2N6+. The first kappa shape index (κ1) is 26.3. The normalized spacial score (nSPS) is 21.4. The van der Waals surface area contributed by atoms with Crippen molar-refractivity contribution >= 4 is 28.9 Å². The number of hydrogen-bond acceptors (Lipinski definition) is 5. The molecule has 3 aromatic carbocycles. The van der Waals surface area contributed by atoms with Gasteiger partial charge in [-0.2, -0.15) is 9.97 Å². The first-order chi connectivity index (χ1) is 20.0. The SMILES string of the molecule is CNC1CC2CCC1N2Cc1ccc([NH2+]c2ncc3c(n2)-c2ccc(Cl)cc2C(c2c(F)cccc2F)=NC3)cc1. The lowest BCUT2D eigenvalue weighted by Crippen LogP contribution is -2.72. The number of aromatic nitrogens is 2. The number of fused-ring (bicyclic) bond motifs is 5. The lowest BCUT2D eigenvalue weighted by molar-refractivity contribution is -0.487. The standard InChI is InChI=1S/C32H29ClF2N6/c1-36-27-14-22-10-12-28(27)41(22)17-18-5-8-21(9-6-18)39-32-38-16-19-15-37-31(29-25(34)3-2-4-26(29)35)24-13-20(33)7-11-23(24)30(19)40-32/h2-9,11,13,16,22,27-28,36H,10,12,14-15,17H2,1H3,(H,38,39,40)/p+1. The molecule has 0 radical (unpaired) electrons. The summed E-state index contributed by atoms with van der Waals surface area (Å²) < 4.78 is 29.6. The lowest BCUT2D eigenvalue weighted by Gasteiger charge is -2.24. The molecule has 2 fully saturated rings. The summed E-state index contributed by atoms with van der Waals surface area (Å²) in [5, 5.41) is 5.88. The fraction of sp³-hybridized carbons (Fsp3) is 0.281. The van der Waals surface area contributed by atoms with Crippen LogP contribution >= 0.6 is 11.6 Å². The largest absolute Gasteiger partial charge is 0.331 e. The molecule has 3 aliphatic heterocycles. The van der Waals surface area contributed by atoms with E-state index < -0.39 is 11.6 Å². The van der Waals surface area contributed by atoms with E-state index in [2.05, 4.69) is 51.5 Å². The minimum atomic E-state index is -0.677. The monoisotopic (exact) mass is 571 g/mol. The maximum Gasteiger partial charge on any atom is 0.331 e. The minimum absolute atomic E-state index is 0.174. The molecule has 208 valence electrons. The van der Waals surface area contributed by atoms with E-state index >= 15 is 0 Å². The number of rotatable bonds is 6. The highest BCUT2D eigenvalue weighted by Gasteiger charge is 2.45. The molecule has 3 N–H and O–H groups in total. The number of aliphatic imine (C=N–C) groups is 1. The van der Waals surface area contributed by atoms with Gasteiger partial charge >= 0.3 is 5.95 Å². The number of hydrogen-bond donors (Lipinski definition) is 2. The van der Waals surface area contributed by atoms with E-state index in [1.54, 1.807) is 18.3 Å². The van der Waals surface area contributed by atoms with E-state index in [-0.39, 0.29) is 17.8 Å². The van der Waals surface area contributed by atoms with E-state index in [1.165, 1.54) is 43.0 Å². The van der Waals surface area contributed by atoms with Gasteiger partial charge in [0.05, 0.1) is 23.5 Å². The first-order valence-electron chi connectivity index (χ1n) is 14.0. The van der Waals surface area contributed by atoms with Crippen molar-refractivity contribution in [2.24, 2.45) is 4.99 Å². The highest BCUT2D eigenvalue weighted by Crippen LogP contribution is 2.39. The molecule has 2 saturated heterocycles. The maximum absolute atomic E-state index is 14.8. The predicted octanol–water partition coefficient (Wildman–Crippen LogP) is 5.28. The molecule has 1 aromatic heterocycles. The first-order valence-corrected chi connectivity index (χ1v) is 14.4. The smallest absolute Gasteiger partial charge is 0.315 e. The van der Waals surface area contributed by atoms with E-state index in [1.807, 2.05) is 11.4 Å². The summed E-state index contributed by atoms with van der Waals surface area (Å²) in [6.45, 7) is 1.15. The van der Waals surface area contributed by atoms with Gasteiger partial charge in [0, 0.05) is 52.6 Å². The number of halogens is 3. The van der Waals surface area contributed by atoms with E-state index in [0.717, 1.165) is 17.8 Å². The second-order valence-corrected chi connectivity index (χ2v) is 11.5. The molecule has 7 rings (SSSR count). The number of likely N-dealkylation sites (N-methyl/N-ethyl adjacent to an activating group) is 1. The quantitative estimate of drug-likeness (QED) is 0.309. The fourth-order valence-electron chi connectivity index (χ4n) is 6.68. The Kier molecular flexibility index (Phi) is 6.87. The number of nitrogens with zero attached hydrogens (tertiary/aromatic N) is 4. The Bertz CT molecular complexity index is 1640. The molecular weight excluding hydrogens is 542 g/mol.